The maximum absolute atomic E-state index is 12.6. The number of carbonyl (C=O) groups is 2. The number of Topliss-reactive ketones (excluding diaryl/α,β-unsaturated/α-hetero) is 1. The summed E-state index contributed by atoms with van der Waals surface area (Å²) in [6.45, 7) is 3.88. The standard InChI is InChI=1S/C16H16N2O3/c1-3-10-8-18(15(17-10)16(20)21)13-7-12-9(2)5-4-6-11(12)14(13)19/h4-6,8,13H,3,7H2,1-2H3,(H,20,21). The molecule has 0 saturated carbocycles. The maximum atomic E-state index is 12.6. The van der Waals surface area contributed by atoms with Crippen LogP contribution in [0.4, 0.5) is 0 Å². The Balaban J connectivity index is 2.08. The number of carboxylic acids is 1. The summed E-state index contributed by atoms with van der Waals surface area (Å²) in [5, 5.41) is 9.30. The number of aromatic nitrogens is 2. The van der Waals surface area contributed by atoms with Crippen LogP contribution in [0.5, 0.6) is 0 Å². The average molecular weight is 284 g/mol. The van der Waals surface area contributed by atoms with Crippen LogP contribution in [0.3, 0.4) is 0 Å². The smallest absolute Gasteiger partial charge is 0.372 e. The quantitative estimate of drug-likeness (QED) is 0.939. The van der Waals surface area contributed by atoms with Crippen LogP contribution in [0.2, 0.25) is 0 Å². The zero-order valence-corrected chi connectivity index (χ0v) is 12.0. The van der Waals surface area contributed by atoms with Gasteiger partial charge in [-0.25, -0.2) is 9.78 Å². The molecule has 0 aliphatic heterocycles. The molecule has 1 heterocycles. The van der Waals surface area contributed by atoms with E-state index in [1.54, 1.807) is 6.20 Å². The molecular weight excluding hydrogens is 268 g/mol. The minimum absolute atomic E-state index is 0.0312. The Morgan fingerprint density at radius 3 is 2.86 bits per heavy atom. The number of hydrogen-bond acceptors (Lipinski definition) is 3. The predicted molar refractivity (Wildman–Crippen MR) is 76.8 cm³/mol. The van der Waals surface area contributed by atoms with Gasteiger partial charge >= 0.3 is 5.97 Å². The molecule has 0 bridgehead atoms. The van der Waals surface area contributed by atoms with Crippen molar-refractivity contribution in [3.05, 3.63) is 52.6 Å². The van der Waals surface area contributed by atoms with Crippen LogP contribution in [-0.4, -0.2) is 26.4 Å². The van der Waals surface area contributed by atoms with Gasteiger partial charge in [-0.1, -0.05) is 25.1 Å². The van der Waals surface area contributed by atoms with E-state index in [1.165, 1.54) is 4.57 Å². The van der Waals surface area contributed by atoms with E-state index in [0.717, 1.165) is 11.1 Å². The number of aryl methyl sites for hydroxylation is 2. The molecule has 0 amide bonds. The van der Waals surface area contributed by atoms with Crippen molar-refractivity contribution in [2.24, 2.45) is 0 Å². The van der Waals surface area contributed by atoms with E-state index < -0.39 is 12.0 Å². The van der Waals surface area contributed by atoms with E-state index in [4.69, 9.17) is 0 Å². The number of imidazole rings is 1. The van der Waals surface area contributed by atoms with Gasteiger partial charge in [0.2, 0.25) is 5.82 Å². The third kappa shape index (κ3) is 2.05. The summed E-state index contributed by atoms with van der Waals surface area (Å²) in [5.74, 6) is -1.19. The number of ketones is 1. The Labute approximate surface area is 122 Å². The van der Waals surface area contributed by atoms with Gasteiger partial charge in [-0.2, -0.15) is 0 Å². The first-order chi connectivity index (χ1) is 10.0. The Kier molecular flexibility index (Phi) is 3.12. The molecule has 1 aromatic heterocycles. The molecule has 5 heteroatoms. The van der Waals surface area contributed by atoms with E-state index >= 15 is 0 Å². The number of benzene rings is 1. The lowest BCUT2D eigenvalue weighted by molar-refractivity contribution is 0.0675. The molecule has 1 aromatic carbocycles. The highest BCUT2D eigenvalue weighted by molar-refractivity contribution is 6.04. The monoisotopic (exact) mass is 284 g/mol. The fourth-order valence-corrected chi connectivity index (χ4v) is 2.90. The summed E-state index contributed by atoms with van der Waals surface area (Å²) in [5.41, 5.74) is 3.46. The molecule has 0 fully saturated rings. The van der Waals surface area contributed by atoms with Crippen molar-refractivity contribution in [3.8, 4) is 0 Å². The first-order valence-corrected chi connectivity index (χ1v) is 6.96. The zero-order valence-electron chi connectivity index (χ0n) is 12.0. The van der Waals surface area contributed by atoms with Crippen LogP contribution >= 0.6 is 0 Å². The lowest BCUT2D eigenvalue weighted by atomic mass is 10.1. The van der Waals surface area contributed by atoms with E-state index in [2.05, 4.69) is 4.98 Å². The van der Waals surface area contributed by atoms with Crippen LogP contribution in [0, 0.1) is 6.92 Å². The molecular formula is C16H16N2O3. The van der Waals surface area contributed by atoms with Gasteiger partial charge in [0.25, 0.3) is 0 Å². The second-order valence-electron chi connectivity index (χ2n) is 5.31. The molecule has 1 unspecified atom stereocenters. The van der Waals surface area contributed by atoms with Gasteiger partial charge < -0.3 is 9.67 Å². The van der Waals surface area contributed by atoms with E-state index in [9.17, 15) is 14.7 Å². The lowest BCUT2D eigenvalue weighted by Crippen LogP contribution is -2.20. The summed E-state index contributed by atoms with van der Waals surface area (Å²) < 4.78 is 1.52. The molecule has 2 aromatic rings. The summed E-state index contributed by atoms with van der Waals surface area (Å²) in [6, 6.07) is 5.14. The number of nitrogens with zero attached hydrogens (tertiary/aromatic N) is 2. The fraction of sp³-hybridized carbons (Fsp3) is 0.312. The molecule has 3 rings (SSSR count). The number of fused-ring (bicyclic) bond motifs is 1. The van der Waals surface area contributed by atoms with Gasteiger partial charge in [0.15, 0.2) is 5.78 Å². The Morgan fingerprint density at radius 1 is 1.48 bits per heavy atom. The molecule has 1 aliphatic rings. The Morgan fingerprint density at radius 2 is 2.24 bits per heavy atom. The van der Waals surface area contributed by atoms with Crippen LogP contribution < -0.4 is 0 Å². The Hall–Kier alpha value is -2.43. The van der Waals surface area contributed by atoms with E-state index in [0.29, 0.717) is 24.1 Å². The second kappa shape index (κ2) is 4.84. The lowest BCUT2D eigenvalue weighted by Gasteiger charge is -2.11. The highest BCUT2D eigenvalue weighted by Gasteiger charge is 2.35. The van der Waals surface area contributed by atoms with E-state index in [-0.39, 0.29) is 11.6 Å². The van der Waals surface area contributed by atoms with Gasteiger partial charge in [0, 0.05) is 18.2 Å². The van der Waals surface area contributed by atoms with Crippen LogP contribution in [0.15, 0.2) is 24.4 Å². The molecule has 0 spiro atoms. The molecule has 5 nitrogen and oxygen atoms in total. The SMILES string of the molecule is CCc1cn(C2Cc3c(C)cccc3C2=O)c(C(=O)O)n1. The van der Waals surface area contributed by atoms with Gasteiger partial charge in [0.05, 0.1) is 5.69 Å². The minimum atomic E-state index is -1.10. The molecule has 1 N–H and O–H groups in total. The summed E-state index contributed by atoms with van der Waals surface area (Å²) in [6.07, 6.45) is 2.86. The topological polar surface area (TPSA) is 72.2 Å². The third-order valence-corrected chi connectivity index (χ3v) is 4.05. The zero-order chi connectivity index (χ0) is 15.1. The maximum Gasteiger partial charge on any atom is 0.372 e. The van der Waals surface area contributed by atoms with Crippen molar-refractivity contribution in [2.45, 2.75) is 32.7 Å². The van der Waals surface area contributed by atoms with Gasteiger partial charge in [-0.15, -0.1) is 0 Å². The molecule has 21 heavy (non-hydrogen) atoms. The number of carbonyl (C=O) groups excluding carboxylic acids is 1. The largest absolute Gasteiger partial charge is 0.475 e. The number of aromatic carboxylic acids is 1. The van der Waals surface area contributed by atoms with E-state index in [1.807, 2.05) is 32.0 Å². The first kappa shape index (κ1) is 13.5. The van der Waals surface area contributed by atoms with Gasteiger partial charge in [-0.05, 0) is 24.5 Å². The highest BCUT2D eigenvalue weighted by Crippen LogP contribution is 2.33. The van der Waals surface area contributed by atoms with Crippen LogP contribution in [-0.2, 0) is 12.8 Å². The summed E-state index contributed by atoms with van der Waals surface area (Å²) >= 11 is 0. The average Bonchev–Trinajstić information content (AvgIpc) is 3.02. The number of carboxylic acid groups (broad SMARTS) is 1. The number of hydrogen-bond donors (Lipinski definition) is 1. The van der Waals surface area contributed by atoms with Crippen molar-refractivity contribution >= 4 is 11.8 Å². The van der Waals surface area contributed by atoms with Gasteiger partial charge in [-0.3, -0.25) is 4.79 Å². The fourth-order valence-electron chi connectivity index (χ4n) is 2.90. The highest BCUT2D eigenvalue weighted by atomic mass is 16.4. The summed E-state index contributed by atoms with van der Waals surface area (Å²) in [7, 11) is 0. The first-order valence-electron chi connectivity index (χ1n) is 6.96. The Bertz CT molecular complexity index is 746. The van der Waals surface area contributed by atoms with Crippen molar-refractivity contribution < 1.29 is 14.7 Å². The van der Waals surface area contributed by atoms with Crippen molar-refractivity contribution in [1.82, 2.24) is 9.55 Å². The molecule has 0 saturated heterocycles. The molecule has 0 radical (unpaired) electrons. The predicted octanol–water partition coefficient (Wildman–Crippen LogP) is 2.43. The molecule has 108 valence electrons. The van der Waals surface area contributed by atoms with Crippen molar-refractivity contribution in [2.75, 3.05) is 0 Å². The van der Waals surface area contributed by atoms with Crippen LogP contribution in [0.25, 0.3) is 0 Å². The second-order valence-corrected chi connectivity index (χ2v) is 5.31. The summed E-state index contributed by atoms with van der Waals surface area (Å²) in [4.78, 5) is 28.0. The van der Waals surface area contributed by atoms with Crippen molar-refractivity contribution in [1.29, 1.82) is 0 Å². The third-order valence-electron chi connectivity index (χ3n) is 4.05. The normalized spacial score (nSPS) is 17.0. The molecule has 1 atom stereocenters. The minimum Gasteiger partial charge on any atom is -0.475 e. The van der Waals surface area contributed by atoms with Crippen LogP contribution in [0.1, 0.15) is 50.8 Å². The van der Waals surface area contributed by atoms with Crippen molar-refractivity contribution in [3.63, 3.8) is 0 Å². The van der Waals surface area contributed by atoms with Gasteiger partial charge in [0.1, 0.15) is 6.04 Å². The molecule has 1 aliphatic carbocycles. The number of rotatable bonds is 3.